The van der Waals surface area contributed by atoms with Gasteiger partial charge in [0.2, 0.25) is 11.8 Å². The van der Waals surface area contributed by atoms with Crippen molar-refractivity contribution in [2.75, 3.05) is 40.3 Å². The zero-order chi connectivity index (χ0) is 18.5. The van der Waals surface area contributed by atoms with Gasteiger partial charge in [-0.2, -0.15) is 0 Å². The normalized spacial score (nSPS) is 17.4. The van der Waals surface area contributed by atoms with Crippen LogP contribution < -0.4 is 5.32 Å². The van der Waals surface area contributed by atoms with Crippen LogP contribution in [-0.2, 0) is 9.59 Å². The zero-order valence-corrected chi connectivity index (χ0v) is 19.0. The maximum Gasteiger partial charge on any atom is 0.243 e. The lowest BCUT2D eigenvalue weighted by Crippen LogP contribution is -2.66. The van der Waals surface area contributed by atoms with Crippen molar-refractivity contribution in [3.63, 3.8) is 0 Å². The number of hydrogen-bond acceptors (Lipinski definition) is 3. The van der Waals surface area contributed by atoms with E-state index in [1.807, 2.05) is 23.6 Å². The summed E-state index contributed by atoms with van der Waals surface area (Å²) in [7, 11) is 3.43. The number of nitrogens with zero attached hydrogens (tertiary/aromatic N) is 4. The summed E-state index contributed by atoms with van der Waals surface area (Å²) in [6.45, 7) is 12.1. The van der Waals surface area contributed by atoms with E-state index in [4.69, 9.17) is 0 Å². The van der Waals surface area contributed by atoms with Gasteiger partial charge >= 0.3 is 0 Å². The van der Waals surface area contributed by atoms with Crippen molar-refractivity contribution in [1.82, 2.24) is 20.0 Å². The first-order valence-electron chi connectivity index (χ1n) is 8.65. The van der Waals surface area contributed by atoms with E-state index in [2.05, 4.69) is 31.1 Å². The Bertz CT molecular complexity index is 491. The van der Waals surface area contributed by atoms with E-state index < -0.39 is 0 Å². The van der Waals surface area contributed by atoms with Crippen LogP contribution in [0.3, 0.4) is 0 Å². The van der Waals surface area contributed by atoms with Crippen LogP contribution in [0.25, 0.3) is 0 Å². The zero-order valence-electron chi connectivity index (χ0n) is 16.6. The summed E-state index contributed by atoms with van der Waals surface area (Å²) >= 11 is 0. The molecule has 0 radical (unpaired) electrons. The number of amides is 2. The summed E-state index contributed by atoms with van der Waals surface area (Å²) in [5.41, 5.74) is -0.288. The molecule has 8 heteroatoms. The first kappa shape index (κ1) is 23.9. The van der Waals surface area contributed by atoms with E-state index in [0.717, 1.165) is 13.0 Å². The van der Waals surface area contributed by atoms with Crippen molar-refractivity contribution >= 4 is 41.8 Å². The fourth-order valence-corrected chi connectivity index (χ4v) is 3.10. The molecule has 0 unspecified atom stereocenters. The van der Waals surface area contributed by atoms with Gasteiger partial charge in [0.05, 0.1) is 12.1 Å². The van der Waals surface area contributed by atoms with Crippen LogP contribution in [0.2, 0.25) is 0 Å². The first-order chi connectivity index (χ1) is 11.1. The molecule has 0 spiro atoms. The van der Waals surface area contributed by atoms with Crippen molar-refractivity contribution in [3.8, 4) is 0 Å². The lowest BCUT2D eigenvalue weighted by molar-refractivity contribution is -0.145. The van der Waals surface area contributed by atoms with Crippen molar-refractivity contribution in [2.24, 2.45) is 4.99 Å². The molecule has 7 nitrogen and oxygen atoms in total. The molecule has 25 heavy (non-hydrogen) atoms. The van der Waals surface area contributed by atoms with Gasteiger partial charge < -0.3 is 20.0 Å². The Hall–Kier alpha value is -1.06. The Balaban J connectivity index is 0.00000576. The van der Waals surface area contributed by atoms with Crippen molar-refractivity contribution in [1.29, 1.82) is 0 Å². The molecule has 1 N–H and O–H groups in total. The van der Waals surface area contributed by atoms with Crippen molar-refractivity contribution in [2.45, 2.75) is 52.6 Å². The number of nitrogens with one attached hydrogen (secondary N) is 1. The van der Waals surface area contributed by atoms with Crippen LogP contribution >= 0.6 is 24.0 Å². The summed E-state index contributed by atoms with van der Waals surface area (Å²) in [6, 6.07) is 0.161. The van der Waals surface area contributed by atoms with Gasteiger partial charge in [-0.15, -0.1) is 24.0 Å². The minimum atomic E-state index is -0.288. The molecule has 1 heterocycles. The molecule has 1 saturated heterocycles. The Morgan fingerprint density at radius 2 is 1.96 bits per heavy atom. The summed E-state index contributed by atoms with van der Waals surface area (Å²) in [5, 5.41) is 3.27. The van der Waals surface area contributed by atoms with Crippen LogP contribution in [0.1, 0.15) is 41.0 Å². The van der Waals surface area contributed by atoms with E-state index in [9.17, 15) is 9.59 Å². The molecule has 0 saturated carbocycles. The van der Waals surface area contributed by atoms with Gasteiger partial charge in [-0.25, -0.2) is 4.99 Å². The van der Waals surface area contributed by atoms with Gasteiger partial charge in [-0.1, -0.05) is 6.92 Å². The van der Waals surface area contributed by atoms with Gasteiger partial charge in [-0.05, 0) is 34.1 Å². The molecule has 0 aromatic carbocycles. The Kier molecular flexibility index (Phi) is 9.75. The van der Waals surface area contributed by atoms with Crippen LogP contribution in [0, 0.1) is 0 Å². The van der Waals surface area contributed by atoms with Gasteiger partial charge in [0, 0.05) is 33.2 Å². The van der Waals surface area contributed by atoms with Crippen LogP contribution in [0.5, 0.6) is 0 Å². The quantitative estimate of drug-likeness (QED) is 0.377. The second-order valence-electron chi connectivity index (χ2n) is 7.38. The number of guanidine groups is 1. The maximum atomic E-state index is 12.6. The van der Waals surface area contributed by atoms with Gasteiger partial charge in [0.1, 0.15) is 6.54 Å². The highest BCUT2D eigenvalue weighted by Gasteiger charge is 2.40. The molecule has 0 aromatic heterocycles. The number of likely N-dealkylation sites (N-methyl/N-ethyl adjacent to an activating group) is 1. The fourth-order valence-electron chi connectivity index (χ4n) is 3.10. The molecular weight excluding hydrogens is 433 g/mol. The van der Waals surface area contributed by atoms with Gasteiger partial charge in [-0.3, -0.25) is 9.59 Å². The number of carbonyl (C=O) groups is 2. The minimum Gasteiger partial charge on any atom is -0.356 e. The molecule has 1 fully saturated rings. The SMILES string of the molecule is CCCNC(=NCC(=O)N(C)C)N1CC(=O)N(C(C)C)C(C)(C)C1.I. The lowest BCUT2D eigenvalue weighted by Gasteiger charge is -2.49. The highest BCUT2D eigenvalue weighted by molar-refractivity contribution is 14.0. The van der Waals surface area contributed by atoms with E-state index in [-0.39, 0.29) is 60.5 Å². The van der Waals surface area contributed by atoms with E-state index in [1.165, 1.54) is 4.90 Å². The number of aliphatic imine (C=N–C) groups is 1. The number of rotatable bonds is 5. The topological polar surface area (TPSA) is 68.2 Å². The van der Waals surface area contributed by atoms with Crippen molar-refractivity contribution < 1.29 is 9.59 Å². The summed E-state index contributed by atoms with van der Waals surface area (Å²) in [4.78, 5) is 34.3. The summed E-state index contributed by atoms with van der Waals surface area (Å²) in [6.07, 6.45) is 0.948. The van der Waals surface area contributed by atoms with E-state index >= 15 is 0 Å². The molecule has 1 aliphatic rings. The Labute approximate surface area is 169 Å². The van der Waals surface area contributed by atoms with Crippen LogP contribution in [0.4, 0.5) is 0 Å². The number of piperazine rings is 1. The number of halogens is 1. The highest BCUT2D eigenvalue weighted by atomic mass is 127. The predicted octanol–water partition coefficient (Wildman–Crippen LogP) is 1.38. The monoisotopic (exact) mass is 467 g/mol. The lowest BCUT2D eigenvalue weighted by atomic mass is 9.96. The summed E-state index contributed by atoms with van der Waals surface area (Å²) < 4.78 is 0. The molecule has 146 valence electrons. The molecule has 0 bridgehead atoms. The standard InChI is InChI=1S/C17H33N5O2.HI/c1-8-9-18-16(19-10-14(23)20(6)7)21-11-15(24)22(13(2)3)17(4,5)12-21;/h13H,8-12H2,1-7H3,(H,18,19);1H. The largest absolute Gasteiger partial charge is 0.356 e. The van der Waals surface area contributed by atoms with Gasteiger partial charge in [0.25, 0.3) is 0 Å². The number of carbonyl (C=O) groups excluding carboxylic acids is 2. The van der Waals surface area contributed by atoms with Crippen LogP contribution in [0.15, 0.2) is 4.99 Å². The molecule has 2 amide bonds. The third-order valence-corrected chi connectivity index (χ3v) is 4.04. The molecule has 1 rings (SSSR count). The second-order valence-corrected chi connectivity index (χ2v) is 7.38. The molecular formula is C17H34IN5O2. The number of hydrogen-bond donors (Lipinski definition) is 1. The Morgan fingerprint density at radius 1 is 1.36 bits per heavy atom. The summed E-state index contributed by atoms with van der Waals surface area (Å²) in [5.74, 6) is 0.667. The first-order valence-corrected chi connectivity index (χ1v) is 8.65. The molecule has 0 aliphatic carbocycles. The third kappa shape index (κ3) is 6.63. The minimum absolute atomic E-state index is 0. The smallest absolute Gasteiger partial charge is 0.243 e. The molecule has 1 aliphatic heterocycles. The average Bonchev–Trinajstić information content (AvgIpc) is 2.44. The molecule has 0 aromatic rings. The van der Waals surface area contributed by atoms with Gasteiger partial charge in [0.15, 0.2) is 5.96 Å². The van der Waals surface area contributed by atoms with Crippen LogP contribution in [-0.4, -0.2) is 84.3 Å². The van der Waals surface area contributed by atoms with Crippen molar-refractivity contribution in [3.05, 3.63) is 0 Å². The third-order valence-electron chi connectivity index (χ3n) is 4.04. The maximum absolute atomic E-state index is 12.6. The molecule has 0 atom stereocenters. The van der Waals surface area contributed by atoms with E-state index in [0.29, 0.717) is 12.5 Å². The Morgan fingerprint density at radius 3 is 2.40 bits per heavy atom. The average molecular weight is 467 g/mol. The predicted molar refractivity (Wildman–Crippen MR) is 112 cm³/mol. The fraction of sp³-hybridized carbons (Fsp3) is 0.824. The highest BCUT2D eigenvalue weighted by Crippen LogP contribution is 2.24. The van der Waals surface area contributed by atoms with E-state index in [1.54, 1.807) is 14.1 Å². The second kappa shape index (κ2) is 10.2.